The summed E-state index contributed by atoms with van der Waals surface area (Å²) in [5, 5.41) is 1.06. The molecule has 1 atom stereocenters. The van der Waals surface area contributed by atoms with Crippen LogP contribution in [0, 0.1) is 6.92 Å². The zero-order chi connectivity index (χ0) is 20.5. The molecule has 4 heterocycles. The van der Waals surface area contributed by atoms with Gasteiger partial charge in [-0.15, -0.1) is 0 Å². The monoisotopic (exact) mass is 397 g/mol. The molecule has 1 aromatic carbocycles. The Morgan fingerprint density at radius 2 is 2.13 bits per heavy atom. The lowest BCUT2D eigenvalue weighted by Crippen LogP contribution is -2.39. The minimum atomic E-state index is 0.0852. The molecule has 150 valence electrons. The number of hydrogen-bond acceptors (Lipinski definition) is 4. The van der Waals surface area contributed by atoms with Crippen molar-refractivity contribution >= 4 is 16.8 Å². The molecule has 1 aliphatic rings. The Kier molecular flexibility index (Phi) is 4.75. The second-order valence-corrected chi connectivity index (χ2v) is 7.87. The molecule has 0 radical (unpaired) electrons. The third kappa shape index (κ3) is 3.45. The maximum absolute atomic E-state index is 13.2. The van der Waals surface area contributed by atoms with E-state index in [1.165, 1.54) is 0 Å². The van der Waals surface area contributed by atoms with E-state index in [0.717, 1.165) is 52.7 Å². The van der Waals surface area contributed by atoms with Gasteiger partial charge in [-0.2, -0.15) is 0 Å². The summed E-state index contributed by atoms with van der Waals surface area (Å²) in [6, 6.07) is 11.7. The maximum atomic E-state index is 13.2. The van der Waals surface area contributed by atoms with Crippen LogP contribution in [-0.2, 0) is 0 Å². The highest BCUT2D eigenvalue weighted by Gasteiger charge is 2.28. The maximum Gasteiger partial charge on any atom is 0.253 e. The predicted octanol–water partition coefficient (Wildman–Crippen LogP) is 4.35. The van der Waals surface area contributed by atoms with Crippen molar-refractivity contribution in [3.63, 3.8) is 0 Å². The molecule has 0 aliphatic carbocycles. The SMILES string of the molecule is Cc1cnc(-c2cccnc2)nc1[C@H]1CCCN(C(=O)c2ccc3[nH]ccc3c2)C1. The normalized spacial score (nSPS) is 16.7. The molecule has 0 saturated carbocycles. The van der Waals surface area contributed by atoms with Gasteiger partial charge < -0.3 is 9.88 Å². The second kappa shape index (κ2) is 7.71. The quantitative estimate of drug-likeness (QED) is 0.558. The van der Waals surface area contributed by atoms with E-state index in [1.807, 2.05) is 60.6 Å². The minimum Gasteiger partial charge on any atom is -0.361 e. The van der Waals surface area contributed by atoms with Crippen molar-refractivity contribution in [1.29, 1.82) is 0 Å². The minimum absolute atomic E-state index is 0.0852. The lowest BCUT2D eigenvalue weighted by molar-refractivity contribution is 0.0706. The molecular weight excluding hydrogens is 374 g/mol. The number of pyridine rings is 1. The predicted molar refractivity (Wildman–Crippen MR) is 116 cm³/mol. The highest BCUT2D eigenvalue weighted by atomic mass is 16.2. The molecule has 0 bridgehead atoms. The largest absolute Gasteiger partial charge is 0.361 e. The molecule has 0 spiro atoms. The number of aromatic nitrogens is 4. The summed E-state index contributed by atoms with van der Waals surface area (Å²) >= 11 is 0. The fourth-order valence-electron chi connectivity index (χ4n) is 4.26. The lowest BCUT2D eigenvalue weighted by Gasteiger charge is -2.33. The smallest absolute Gasteiger partial charge is 0.253 e. The van der Waals surface area contributed by atoms with Gasteiger partial charge in [-0.25, -0.2) is 9.97 Å². The molecule has 1 fully saturated rings. The van der Waals surface area contributed by atoms with Crippen molar-refractivity contribution in [3.05, 3.63) is 78.0 Å². The summed E-state index contributed by atoms with van der Waals surface area (Å²) in [5.74, 6) is 0.976. The van der Waals surface area contributed by atoms with E-state index in [0.29, 0.717) is 12.4 Å². The lowest BCUT2D eigenvalue weighted by atomic mass is 9.91. The number of hydrogen-bond donors (Lipinski definition) is 1. The molecule has 1 N–H and O–H groups in total. The molecule has 4 aromatic rings. The van der Waals surface area contributed by atoms with Gasteiger partial charge in [-0.05, 0) is 61.7 Å². The van der Waals surface area contributed by atoms with Crippen LogP contribution in [0.25, 0.3) is 22.3 Å². The summed E-state index contributed by atoms with van der Waals surface area (Å²) in [5.41, 5.74) is 4.78. The Morgan fingerprint density at radius 3 is 3.00 bits per heavy atom. The number of carbonyl (C=O) groups is 1. The van der Waals surface area contributed by atoms with Gasteiger partial charge in [0.05, 0.1) is 5.69 Å². The Hall–Kier alpha value is -3.54. The molecule has 6 nitrogen and oxygen atoms in total. The molecule has 3 aromatic heterocycles. The highest BCUT2D eigenvalue weighted by molar-refractivity contribution is 5.98. The van der Waals surface area contributed by atoms with E-state index in [-0.39, 0.29) is 11.8 Å². The van der Waals surface area contributed by atoms with E-state index >= 15 is 0 Å². The molecule has 6 heteroatoms. The van der Waals surface area contributed by atoms with Gasteiger partial charge in [0.25, 0.3) is 5.91 Å². The number of benzene rings is 1. The van der Waals surface area contributed by atoms with Crippen molar-refractivity contribution in [2.75, 3.05) is 13.1 Å². The summed E-state index contributed by atoms with van der Waals surface area (Å²) in [6.45, 7) is 3.50. The van der Waals surface area contributed by atoms with Crippen LogP contribution in [0.2, 0.25) is 0 Å². The van der Waals surface area contributed by atoms with Gasteiger partial charge in [0.2, 0.25) is 0 Å². The van der Waals surface area contributed by atoms with Crippen molar-refractivity contribution in [2.24, 2.45) is 0 Å². The fourth-order valence-corrected chi connectivity index (χ4v) is 4.26. The Bertz CT molecular complexity index is 1200. The van der Waals surface area contributed by atoms with Crippen LogP contribution in [0.3, 0.4) is 0 Å². The topological polar surface area (TPSA) is 74.8 Å². The first-order valence-electron chi connectivity index (χ1n) is 10.3. The average molecular weight is 397 g/mol. The van der Waals surface area contributed by atoms with Gasteiger partial charge >= 0.3 is 0 Å². The molecule has 1 aliphatic heterocycles. The third-order valence-corrected chi connectivity index (χ3v) is 5.83. The Labute approximate surface area is 175 Å². The summed E-state index contributed by atoms with van der Waals surface area (Å²) < 4.78 is 0. The van der Waals surface area contributed by atoms with Gasteiger partial charge in [0.15, 0.2) is 5.82 Å². The first kappa shape index (κ1) is 18.5. The van der Waals surface area contributed by atoms with E-state index in [4.69, 9.17) is 4.98 Å². The molecule has 1 saturated heterocycles. The van der Waals surface area contributed by atoms with E-state index < -0.39 is 0 Å². The molecule has 30 heavy (non-hydrogen) atoms. The van der Waals surface area contributed by atoms with Crippen LogP contribution in [-0.4, -0.2) is 43.8 Å². The van der Waals surface area contributed by atoms with Crippen LogP contribution >= 0.6 is 0 Å². The standard InChI is InChI=1S/C24H23N5O/c1-16-13-27-23(19-4-2-9-25-14-19)28-22(16)20-5-3-11-29(15-20)24(30)18-6-7-21-17(12-18)8-10-26-21/h2,4,6-10,12-14,20,26H,3,5,11,15H2,1H3/t20-/m0/s1. The molecule has 0 unspecified atom stereocenters. The molecule has 1 amide bonds. The molecule has 5 rings (SSSR count). The van der Waals surface area contributed by atoms with E-state index in [2.05, 4.69) is 15.0 Å². The number of piperidine rings is 1. The molecular formula is C24H23N5O. The number of H-pyrrole nitrogens is 1. The van der Waals surface area contributed by atoms with E-state index in [1.54, 1.807) is 12.4 Å². The number of aromatic amines is 1. The van der Waals surface area contributed by atoms with Gasteiger partial charge in [-0.3, -0.25) is 9.78 Å². The number of nitrogens with one attached hydrogen (secondary N) is 1. The van der Waals surface area contributed by atoms with Crippen LogP contribution in [0.4, 0.5) is 0 Å². The Balaban J connectivity index is 1.40. The van der Waals surface area contributed by atoms with Crippen LogP contribution < -0.4 is 0 Å². The van der Waals surface area contributed by atoms with Crippen LogP contribution in [0.1, 0.15) is 40.4 Å². The second-order valence-electron chi connectivity index (χ2n) is 7.87. The number of carbonyl (C=O) groups excluding carboxylic acids is 1. The first-order valence-corrected chi connectivity index (χ1v) is 10.3. The van der Waals surface area contributed by atoms with Gasteiger partial charge in [0.1, 0.15) is 0 Å². The zero-order valence-corrected chi connectivity index (χ0v) is 16.9. The zero-order valence-electron chi connectivity index (χ0n) is 16.9. The third-order valence-electron chi connectivity index (χ3n) is 5.83. The number of aryl methyl sites for hydroxylation is 1. The number of likely N-dealkylation sites (tertiary alicyclic amines) is 1. The number of amides is 1. The van der Waals surface area contributed by atoms with Crippen molar-refractivity contribution < 1.29 is 4.79 Å². The summed E-state index contributed by atoms with van der Waals surface area (Å²) in [6.07, 6.45) is 9.29. The van der Waals surface area contributed by atoms with Crippen molar-refractivity contribution in [2.45, 2.75) is 25.7 Å². The van der Waals surface area contributed by atoms with Crippen LogP contribution in [0.15, 0.2) is 61.2 Å². The van der Waals surface area contributed by atoms with Crippen molar-refractivity contribution in [1.82, 2.24) is 24.8 Å². The van der Waals surface area contributed by atoms with E-state index in [9.17, 15) is 4.79 Å². The summed E-state index contributed by atoms with van der Waals surface area (Å²) in [4.78, 5) is 31.9. The van der Waals surface area contributed by atoms with Gasteiger partial charge in [0, 0.05) is 65.8 Å². The summed E-state index contributed by atoms with van der Waals surface area (Å²) in [7, 11) is 0. The van der Waals surface area contributed by atoms with Gasteiger partial charge in [-0.1, -0.05) is 0 Å². The fraction of sp³-hybridized carbons (Fsp3) is 0.250. The number of rotatable bonds is 3. The number of nitrogens with zero attached hydrogens (tertiary/aromatic N) is 4. The number of fused-ring (bicyclic) bond motifs is 1. The average Bonchev–Trinajstić information content (AvgIpc) is 3.27. The highest BCUT2D eigenvalue weighted by Crippen LogP contribution is 2.30. The first-order chi connectivity index (χ1) is 14.7. The van der Waals surface area contributed by atoms with Crippen LogP contribution in [0.5, 0.6) is 0 Å². The Morgan fingerprint density at radius 1 is 1.20 bits per heavy atom. The van der Waals surface area contributed by atoms with Crippen molar-refractivity contribution in [3.8, 4) is 11.4 Å².